The lowest BCUT2D eigenvalue weighted by Gasteiger charge is -2.23. The molecule has 40 heavy (non-hydrogen) atoms. The van der Waals surface area contributed by atoms with Crippen LogP contribution in [0.2, 0.25) is 5.02 Å². The molecule has 2 heterocycles. The summed E-state index contributed by atoms with van der Waals surface area (Å²) in [5.41, 5.74) is 0.704. The van der Waals surface area contributed by atoms with Gasteiger partial charge in [-0.3, -0.25) is 9.59 Å². The van der Waals surface area contributed by atoms with Crippen LogP contribution in [0, 0.1) is 11.8 Å². The summed E-state index contributed by atoms with van der Waals surface area (Å²) >= 11 is 6.34. The van der Waals surface area contributed by atoms with Gasteiger partial charge >= 0.3 is 0 Å². The average Bonchev–Trinajstić information content (AvgIpc) is 3.24. The number of amides is 2. The summed E-state index contributed by atoms with van der Waals surface area (Å²) < 4.78 is 31.4. The van der Waals surface area contributed by atoms with E-state index in [-0.39, 0.29) is 33.8 Å². The number of quaternary nitrogens is 1. The number of unbranched alkanes of at least 4 members (excludes halogenated alkanes) is 3. The van der Waals surface area contributed by atoms with Gasteiger partial charge in [0.05, 0.1) is 55.7 Å². The molecule has 1 aromatic carbocycles. The lowest BCUT2D eigenvalue weighted by atomic mass is 10.1. The Balaban J connectivity index is 1.60. The Hall–Kier alpha value is -3.57. The Morgan fingerprint density at radius 1 is 1.05 bits per heavy atom. The lowest BCUT2D eigenvalue weighted by molar-refractivity contribution is -0.870. The van der Waals surface area contributed by atoms with E-state index in [1.807, 2.05) is 0 Å². The van der Waals surface area contributed by atoms with Crippen molar-refractivity contribution in [3.63, 3.8) is 0 Å². The van der Waals surface area contributed by atoms with Crippen molar-refractivity contribution in [2.24, 2.45) is 7.05 Å². The van der Waals surface area contributed by atoms with Crippen LogP contribution in [0.5, 0.6) is 0 Å². The first-order valence-corrected chi connectivity index (χ1v) is 13.4. The van der Waals surface area contributed by atoms with E-state index in [9.17, 15) is 18.4 Å². The second-order valence-corrected chi connectivity index (χ2v) is 11.3. The number of carbonyl (C=O) groups excluding carboxylic acids is 2. The number of anilines is 2. The van der Waals surface area contributed by atoms with E-state index in [1.165, 1.54) is 34.8 Å². The molecule has 0 saturated heterocycles. The van der Waals surface area contributed by atoms with Gasteiger partial charge in [0.2, 0.25) is 5.95 Å². The molecule has 0 unspecified atom stereocenters. The van der Waals surface area contributed by atoms with Crippen LogP contribution in [-0.2, 0) is 7.05 Å². The van der Waals surface area contributed by atoms with E-state index >= 15 is 0 Å². The number of halogens is 3. The fourth-order valence-electron chi connectivity index (χ4n) is 4.15. The van der Waals surface area contributed by atoms with Crippen molar-refractivity contribution in [1.29, 1.82) is 0 Å². The Morgan fingerprint density at radius 3 is 2.40 bits per heavy atom. The van der Waals surface area contributed by atoms with E-state index in [1.54, 1.807) is 20.2 Å². The summed E-state index contributed by atoms with van der Waals surface area (Å²) in [5.74, 6) is -2.65. The van der Waals surface area contributed by atoms with E-state index in [0.29, 0.717) is 17.8 Å². The molecule has 0 saturated carbocycles. The largest absolute Gasteiger partial charge is 0.360 e. The van der Waals surface area contributed by atoms with Crippen LogP contribution in [-0.4, -0.2) is 79.2 Å². The Labute approximate surface area is 238 Å². The standard InChI is InChI=1S/C28H36ClF2N7O2/c1-36(2)25-22(30)16-20(24(31)35-25)23-17-33-26(37(23)3)28(40)34-18-11-12-19(21(29)15-18)27(39)32-13-9-7-8-10-14-38(4,5)6/h11-12,15-17H,7-10,13-14H2,1-6H3,(H-,32,34,39,40)/p+1. The highest BCUT2D eigenvalue weighted by Crippen LogP contribution is 2.27. The van der Waals surface area contributed by atoms with Gasteiger partial charge in [0.1, 0.15) is 0 Å². The molecule has 0 spiro atoms. The molecule has 0 atom stereocenters. The molecule has 2 N–H and O–H groups in total. The maximum atomic E-state index is 14.7. The molecule has 0 aliphatic heterocycles. The third-order valence-electron chi connectivity index (χ3n) is 6.31. The van der Waals surface area contributed by atoms with Crippen LogP contribution in [0.15, 0.2) is 30.5 Å². The zero-order chi connectivity index (χ0) is 29.6. The van der Waals surface area contributed by atoms with Gasteiger partial charge in [-0.2, -0.15) is 9.37 Å². The number of rotatable bonds is 12. The Bertz CT molecular complexity index is 1370. The molecule has 12 heteroatoms. The summed E-state index contributed by atoms with van der Waals surface area (Å²) in [6, 6.07) is 5.59. The monoisotopic (exact) mass is 576 g/mol. The normalized spacial score (nSPS) is 11.4. The van der Waals surface area contributed by atoms with Crippen LogP contribution in [0.25, 0.3) is 11.3 Å². The first-order chi connectivity index (χ1) is 18.8. The number of nitrogens with zero attached hydrogens (tertiary/aromatic N) is 5. The molecule has 0 fully saturated rings. The molecule has 3 rings (SSSR count). The van der Waals surface area contributed by atoms with Gasteiger partial charge in [0.15, 0.2) is 17.5 Å². The topological polar surface area (TPSA) is 92.2 Å². The number of hydrogen-bond acceptors (Lipinski definition) is 5. The minimum absolute atomic E-state index is 0.0362. The molecule has 3 aromatic rings. The predicted molar refractivity (Wildman–Crippen MR) is 154 cm³/mol. The van der Waals surface area contributed by atoms with E-state index < -0.39 is 17.7 Å². The predicted octanol–water partition coefficient (Wildman–Crippen LogP) is 4.73. The van der Waals surface area contributed by atoms with Crippen LogP contribution in [0.1, 0.15) is 46.7 Å². The smallest absolute Gasteiger partial charge is 0.291 e. The molecule has 2 amide bonds. The molecule has 9 nitrogen and oxygen atoms in total. The number of aromatic nitrogens is 3. The Kier molecular flexibility index (Phi) is 10.2. The highest BCUT2D eigenvalue weighted by Gasteiger charge is 2.21. The van der Waals surface area contributed by atoms with Crippen molar-refractivity contribution in [2.75, 3.05) is 58.5 Å². The molecular weight excluding hydrogens is 540 g/mol. The summed E-state index contributed by atoms with van der Waals surface area (Å²) in [6.45, 7) is 1.67. The fraction of sp³-hybridized carbons (Fsp3) is 0.429. The molecule has 0 radical (unpaired) electrons. The van der Waals surface area contributed by atoms with Crippen LogP contribution < -0.4 is 15.5 Å². The number of pyridine rings is 1. The molecule has 216 valence electrons. The van der Waals surface area contributed by atoms with Gasteiger partial charge in [0, 0.05) is 33.4 Å². The SMILES string of the molecule is CN(C)c1nc(F)c(-c2cnc(C(=O)Nc3ccc(C(=O)NCCCCCC[N+](C)(C)C)c(Cl)c3)n2C)cc1F. The number of hydrogen-bond donors (Lipinski definition) is 2. The van der Waals surface area contributed by atoms with Gasteiger partial charge in [-0.15, -0.1) is 0 Å². The van der Waals surface area contributed by atoms with Gasteiger partial charge in [-0.25, -0.2) is 9.37 Å². The minimum Gasteiger partial charge on any atom is -0.360 e. The van der Waals surface area contributed by atoms with Gasteiger partial charge in [0.25, 0.3) is 11.8 Å². The molecule has 0 bridgehead atoms. The van der Waals surface area contributed by atoms with Gasteiger partial charge in [-0.05, 0) is 43.5 Å². The maximum Gasteiger partial charge on any atom is 0.291 e. The summed E-state index contributed by atoms with van der Waals surface area (Å²) in [7, 11) is 11.1. The second-order valence-electron chi connectivity index (χ2n) is 10.9. The lowest BCUT2D eigenvalue weighted by Crippen LogP contribution is -2.35. The first kappa shape index (κ1) is 31.0. The van der Waals surface area contributed by atoms with Crippen LogP contribution in [0.4, 0.5) is 20.3 Å². The summed E-state index contributed by atoms with van der Waals surface area (Å²) in [6.07, 6.45) is 5.45. The average molecular weight is 577 g/mol. The van der Waals surface area contributed by atoms with Gasteiger partial charge in [-0.1, -0.05) is 18.0 Å². The number of nitrogens with one attached hydrogen (secondary N) is 2. The fourth-order valence-corrected chi connectivity index (χ4v) is 4.41. The van der Waals surface area contributed by atoms with Crippen molar-refractivity contribution < 1.29 is 22.9 Å². The van der Waals surface area contributed by atoms with Gasteiger partial charge < -0.3 is 24.6 Å². The zero-order valence-corrected chi connectivity index (χ0v) is 24.6. The number of carbonyl (C=O) groups is 2. The number of benzene rings is 1. The van der Waals surface area contributed by atoms with Crippen molar-refractivity contribution in [3.05, 3.63) is 58.6 Å². The highest BCUT2D eigenvalue weighted by atomic mass is 35.5. The summed E-state index contributed by atoms with van der Waals surface area (Å²) in [4.78, 5) is 34.6. The molecule has 0 aliphatic rings. The van der Waals surface area contributed by atoms with E-state index in [4.69, 9.17) is 11.6 Å². The third-order valence-corrected chi connectivity index (χ3v) is 6.63. The molecule has 0 aliphatic carbocycles. The maximum absolute atomic E-state index is 14.7. The van der Waals surface area contributed by atoms with Crippen LogP contribution >= 0.6 is 11.6 Å². The van der Waals surface area contributed by atoms with Crippen molar-refractivity contribution >= 4 is 34.9 Å². The van der Waals surface area contributed by atoms with Crippen molar-refractivity contribution in [2.45, 2.75) is 25.7 Å². The van der Waals surface area contributed by atoms with Crippen molar-refractivity contribution in [3.8, 4) is 11.3 Å². The Morgan fingerprint density at radius 2 is 1.75 bits per heavy atom. The van der Waals surface area contributed by atoms with Crippen LogP contribution in [0.3, 0.4) is 0 Å². The highest BCUT2D eigenvalue weighted by molar-refractivity contribution is 6.34. The zero-order valence-electron chi connectivity index (χ0n) is 23.8. The first-order valence-electron chi connectivity index (χ1n) is 13.0. The quantitative estimate of drug-likeness (QED) is 0.185. The molecule has 2 aromatic heterocycles. The van der Waals surface area contributed by atoms with Crippen molar-refractivity contribution in [1.82, 2.24) is 19.9 Å². The third kappa shape index (κ3) is 7.98. The van der Waals surface area contributed by atoms with E-state index in [2.05, 4.69) is 41.7 Å². The second kappa shape index (κ2) is 13.2. The molecular formula is C28H37ClF2N7O2+. The number of imidazole rings is 1. The minimum atomic E-state index is -0.888. The van der Waals surface area contributed by atoms with E-state index in [0.717, 1.165) is 42.8 Å². The summed E-state index contributed by atoms with van der Waals surface area (Å²) in [5, 5.41) is 5.74.